The van der Waals surface area contributed by atoms with Crippen LogP contribution >= 0.6 is 11.6 Å². The van der Waals surface area contributed by atoms with E-state index in [2.05, 4.69) is 5.32 Å². The Morgan fingerprint density at radius 2 is 1.51 bits per heavy atom. The molecule has 216 valence electrons. The van der Waals surface area contributed by atoms with Crippen molar-refractivity contribution >= 4 is 35.2 Å². The number of amides is 4. The molecular formula is C33H38ClN3O4. The molecule has 0 spiro atoms. The maximum absolute atomic E-state index is 14.0. The van der Waals surface area contributed by atoms with Crippen molar-refractivity contribution in [3.63, 3.8) is 0 Å². The van der Waals surface area contributed by atoms with Crippen LogP contribution in [0.15, 0.2) is 66.7 Å². The molecule has 1 N–H and O–H groups in total. The normalized spacial score (nSPS) is 21.4. The van der Waals surface area contributed by atoms with Crippen LogP contribution in [0.4, 0.5) is 0 Å². The highest BCUT2D eigenvalue weighted by molar-refractivity contribution is 6.30. The Kier molecular flexibility index (Phi) is 9.55. The van der Waals surface area contributed by atoms with Gasteiger partial charge in [-0.05, 0) is 48.9 Å². The number of fused-ring (bicyclic) bond motifs is 1. The lowest BCUT2D eigenvalue weighted by Crippen LogP contribution is -2.53. The summed E-state index contributed by atoms with van der Waals surface area (Å²) in [5.41, 5.74) is 1.79. The number of hydrogen-bond donors (Lipinski definition) is 1. The Morgan fingerprint density at radius 3 is 2.15 bits per heavy atom. The van der Waals surface area contributed by atoms with Gasteiger partial charge in [0.05, 0.1) is 11.8 Å². The number of carbonyl (C=O) groups excluding carboxylic acids is 4. The van der Waals surface area contributed by atoms with Gasteiger partial charge in [0.15, 0.2) is 0 Å². The highest BCUT2D eigenvalue weighted by Gasteiger charge is 2.47. The fourth-order valence-corrected chi connectivity index (χ4v) is 6.45. The summed E-state index contributed by atoms with van der Waals surface area (Å²) in [7, 11) is 0. The number of benzene rings is 2. The highest BCUT2D eigenvalue weighted by Crippen LogP contribution is 2.35. The number of halogens is 1. The first-order chi connectivity index (χ1) is 19.9. The van der Waals surface area contributed by atoms with E-state index in [-0.39, 0.29) is 61.0 Å². The quantitative estimate of drug-likeness (QED) is 0.316. The lowest BCUT2D eigenvalue weighted by molar-refractivity contribution is -0.144. The number of likely N-dealkylation sites (tertiary alicyclic amines) is 1. The van der Waals surface area contributed by atoms with Gasteiger partial charge in [0.25, 0.3) is 0 Å². The van der Waals surface area contributed by atoms with Gasteiger partial charge in [-0.15, -0.1) is 0 Å². The number of rotatable bonds is 10. The van der Waals surface area contributed by atoms with E-state index < -0.39 is 6.04 Å². The predicted octanol–water partition coefficient (Wildman–Crippen LogP) is 5.07. The Morgan fingerprint density at radius 1 is 0.878 bits per heavy atom. The zero-order valence-electron chi connectivity index (χ0n) is 23.3. The smallest absolute Gasteiger partial charge is 0.243 e. The van der Waals surface area contributed by atoms with Gasteiger partial charge in [-0.25, -0.2) is 0 Å². The SMILES string of the molecule is O=C(NC1CCCCC1)C(Cc1ccccc1)N(Cc1ccc(Cl)cc1)C(=O)CCN1C(=O)[C@H]2CC=CC[C@H]2C1=O. The molecule has 2 fully saturated rings. The second-order valence-electron chi connectivity index (χ2n) is 11.4. The second-order valence-corrected chi connectivity index (χ2v) is 11.9. The molecule has 0 bridgehead atoms. The minimum atomic E-state index is -0.751. The first kappa shape index (κ1) is 29.1. The molecule has 1 heterocycles. The number of imide groups is 1. The van der Waals surface area contributed by atoms with Gasteiger partial charge in [0, 0.05) is 37.0 Å². The lowest BCUT2D eigenvalue weighted by atomic mass is 9.85. The first-order valence-electron chi connectivity index (χ1n) is 14.8. The Hall–Kier alpha value is -3.45. The molecule has 7 nitrogen and oxygen atoms in total. The summed E-state index contributed by atoms with van der Waals surface area (Å²) >= 11 is 6.12. The van der Waals surface area contributed by atoms with Crippen molar-refractivity contribution in [3.05, 3.63) is 82.9 Å². The summed E-state index contributed by atoms with van der Waals surface area (Å²) in [6, 6.07) is 16.3. The third-order valence-corrected chi connectivity index (χ3v) is 8.89. The van der Waals surface area contributed by atoms with Crippen LogP contribution in [0.2, 0.25) is 5.02 Å². The third-order valence-electron chi connectivity index (χ3n) is 8.64. The van der Waals surface area contributed by atoms with Gasteiger partial charge in [0.1, 0.15) is 6.04 Å². The molecule has 2 aromatic rings. The molecule has 4 amide bonds. The van der Waals surface area contributed by atoms with Crippen molar-refractivity contribution in [2.24, 2.45) is 11.8 Å². The van der Waals surface area contributed by atoms with Crippen LogP contribution in [0.3, 0.4) is 0 Å². The molecule has 0 aromatic heterocycles. The molecule has 2 aliphatic carbocycles. The zero-order valence-corrected chi connectivity index (χ0v) is 24.1. The van der Waals surface area contributed by atoms with Gasteiger partial charge in [-0.3, -0.25) is 24.1 Å². The summed E-state index contributed by atoms with van der Waals surface area (Å²) < 4.78 is 0. The molecule has 41 heavy (non-hydrogen) atoms. The number of hydrogen-bond acceptors (Lipinski definition) is 4. The van der Waals surface area contributed by atoms with Crippen LogP contribution in [-0.2, 0) is 32.1 Å². The van der Waals surface area contributed by atoms with E-state index >= 15 is 0 Å². The van der Waals surface area contributed by atoms with E-state index in [0.29, 0.717) is 24.3 Å². The molecule has 5 rings (SSSR count). The number of nitrogens with zero attached hydrogens (tertiary/aromatic N) is 2. The molecular weight excluding hydrogens is 538 g/mol. The van der Waals surface area contributed by atoms with Crippen molar-refractivity contribution in [2.45, 2.75) is 76.4 Å². The maximum Gasteiger partial charge on any atom is 0.243 e. The number of nitrogens with one attached hydrogen (secondary N) is 1. The zero-order chi connectivity index (χ0) is 28.8. The first-order valence-corrected chi connectivity index (χ1v) is 15.2. The molecule has 2 aromatic carbocycles. The van der Waals surface area contributed by atoms with Gasteiger partial charge in [-0.1, -0.05) is 85.5 Å². The molecule has 8 heteroatoms. The number of carbonyl (C=O) groups is 4. The van der Waals surface area contributed by atoms with E-state index in [9.17, 15) is 19.2 Å². The van der Waals surface area contributed by atoms with E-state index in [1.807, 2.05) is 54.6 Å². The summed E-state index contributed by atoms with van der Waals surface area (Å²) in [5.74, 6) is -1.50. The number of allylic oxidation sites excluding steroid dienone is 2. The predicted molar refractivity (Wildman–Crippen MR) is 158 cm³/mol. The fourth-order valence-electron chi connectivity index (χ4n) is 6.33. The van der Waals surface area contributed by atoms with Crippen molar-refractivity contribution < 1.29 is 19.2 Å². The topological polar surface area (TPSA) is 86.8 Å². The van der Waals surface area contributed by atoms with Crippen LogP contribution in [-0.4, -0.2) is 52.1 Å². The highest BCUT2D eigenvalue weighted by atomic mass is 35.5. The van der Waals surface area contributed by atoms with E-state index in [4.69, 9.17) is 11.6 Å². The van der Waals surface area contributed by atoms with E-state index in [0.717, 1.165) is 36.8 Å². The molecule has 0 radical (unpaired) electrons. The minimum absolute atomic E-state index is 0.0168. The standard InChI is InChI=1S/C33H38ClN3O4/c34-25-17-15-24(16-18-25)22-37(30(38)19-20-36-32(40)27-13-7-8-14-28(27)33(36)41)29(21-23-9-3-1-4-10-23)31(39)35-26-11-5-2-6-12-26/h1,3-4,7-10,15-18,26-29H,2,5-6,11-14,19-22H2,(H,35,39)/t27-,28+,29?. The monoisotopic (exact) mass is 575 g/mol. The van der Waals surface area contributed by atoms with E-state index in [1.54, 1.807) is 17.0 Å². The van der Waals surface area contributed by atoms with Crippen LogP contribution < -0.4 is 5.32 Å². The summed E-state index contributed by atoms with van der Waals surface area (Å²) in [6.45, 7) is 0.228. The largest absolute Gasteiger partial charge is 0.352 e. The molecule has 1 unspecified atom stereocenters. The van der Waals surface area contributed by atoms with Crippen LogP contribution in [0.25, 0.3) is 0 Å². The van der Waals surface area contributed by atoms with Gasteiger partial charge in [-0.2, -0.15) is 0 Å². The molecule has 3 atom stereocenters. The van der Waals surface area contributed by atoms with Crippen molar-refractivity contribution in [3.8, 4) is 0 Å². The average molecular weight is 576 g/mol. The lowest BCUT2D eigenvalue weighted by Gasteiger charge is -2.34. The Labute approximate surface area is 246 Å². The van der Waals surface area contributed by atoms with Crippen LogP contribution in [0, 0.1) is 11.8 Å². The van der Waals surface area contributed by atoms with Gasteiger partial charge >= 0.3 is 0 Å². The van der Waals surface area contributed by atoms with Crippen LogP contribution in [0.5, 0.6) is 0 Å². The summed E-state index contributed by atoms with van der Waals surface area (Å²) in [4.78, 5) is 56.8. The average Bonchev–Trinajstić information content (AvgIpc) is 3.24. The molecule has 1 aliphatic heterocycles. The summed E-state index contributed by atoms with van der Waals surface area (Å²) in [6.07, 6.45) is 10.5. The minimum Gasteiger partial charge on any atom is -0.352 e. The Bertz CT molecular complexity index is 1250. The van der Waals surface area contributed by atoms with Crippen molar-refractivity contribution in [2.75, 3.05) is 6.54 Å². The van der Waals surface area contributed by atoms with Crippen molar-refractivity contribution in [1.29, 1.82) is 0 Å². The van der Waals surface area contributed by atoms with Crippen molar-refractivity contribution in [1.82, 2.24) is 15.1 Å². The fraction of sp³-hybridized carbons (Fsp3) is 0.455. The molecule has 3 aliphatic rings. The third kappa shape index (κ3) is 7.07. The second kappa shape index (κ2) is 13.5. The van der Waals surface area contributed by atoms with Gasteiger partial charge in [0.2, 0.25) is 23.6 Å². The van der Waals surface area contributed by atoms with Crippen LogP contribution in [0.1, 0.15) is 62.5 Å². The molecule has 1 saturated heterocycles. The van der Waals surface area contributed by atoms with Gasteiger partial charge < -0.3 is 10.2 Å². The summed E-state index contributed by atoms with van der Waals surface area (Å²) in [5, 5.41) is 3.82. The molecule has 1 saturated carbocycles. The van der Waals surface area contributed by atoms with E-state index in [1.165, 1.54) is 11.3 Å². The maximum atomic E-state index is 14.0. The Balaban J connectivity index is 1.38.